The Morgan fingerprint density at radius 1 is 0.964 bits per heavy atom. The molecule has 4 nitrogen and oxygen atoms in total. The predicted octanol–water partition coefficient (Wildman–Crippen LogP) is 3.96. The summed E-state index contributed by atoms with van der Waals surface area (Å²) in [6.45, 7) is 5.89. The van der Waals surface area contributed by atoms with E-state index in [0.29, 0.717) is 5.92 Å². The van der Waals surface area contributed by atoms with Crippen molar-refractivity contribution in [2.24, 2.45) is 0 Å². The van der Waals surface area contributed by atoms with Crippen molar-refractivity contribution in [3.8, 4) is 11.4 Å². The Balaban J connectivity index is 1.42. The van der Waals surface area contributed by atoms with Gasteiger partial charge in [0.25, 0.3) is 0 Å². The molecule has 1 saturated heterocycles. The average molecular weight is 373 g/mol. The third kappa shape index (κ3) is 3.80. The molecule has 3 aromatic rings. The molecule has 0 spiro atoms. The van der Waals surface area contributed by atoms with Crippen LogP contribution in [0.25, 0.3) is 22.3 Å². The molecule has 3 heterocycles. The number of hydrogen-bond donors (Lipinski definition) is 0. The SMILES string of the molecule is CN1CCN(CCc2ccc3nc(-c4ccccn4)cc(C4CC4)c3c2)CC1. The van der Waals surface area contributed by atoms with Crippen LogP contribution in [-0.4, -0.2) is 59.5 Å². The van der Waals surface area contributed by atoms with Gasteiger partial charge in [0.2, 0.25) is 0 Å². The molecule has 2 fully saturated rings. The number of likely N-dealkylation sites (N-methyl/N-ethyl adjacent to an activating group) is 1. The highest BCUT2D eigenvalue weighted by Gasteiger charge is 2.26. The Morgan fingerprint density at radius 3 is 2.57 bits per heavy atom. The lowest BCUT2D eigenvalue weighted by Gasteiger charge is -2.32. The largest absolute Gasteiger partial charge is 0.304 e. The smallest absolute Gasteiger partial charge is 0.0896 e. The van der Waals surface area contributed by atoms with Crippen LogP contribution in [0.3, 0.4) is 0 Å². The van der Waals surface area contributed by atoms with Gasteiger partial charge in [-0.2, -0.15) is 0 Å². The molecule has 5 rings (SSSR count). The molecule has 1 saturated carbocycles. The summed E-state index contributed by atoms with van der Waals surface area (Å²) in [5.41, 5.74) is 5.96. The number of rotatable bonds is 5. The third-order valence-electron chi connectivity index (χ3n) is 6.16. The van der Waals surface area contributed by atoms with Crippen LogP contribution >= 0.6 is 0 Å². The number of nitrogens with zero attached hydrogens (tertiary/aromatic N) is 4. The average Bonchev–Trinajstić information content (AvgIpc) is 3.58. The molecule has 0 bridgehead atoms. The normalized spacial score (nSPS) is 18.6. The lowest BCUT2D eigenvalue weighted by Crippen LogP contribution is -2.45. The maximum absolute atomic E-state index is 4.94. The van der Waals surface area contributed by atoms with E-state index in [1.54, 1.807) is 0 Å². The van der Waals surface area contributed by atoms with E-state index in [1.807, 2.05) is 18.3 Å². The van der Waals surface area contributed by atoms with E-state index in [4.69, 9.17) is 4.98 Å². The zero-order valence-corrected chi connectivity index (χ0v) is 16.6. The molecule has 2 aliphatic rings. The second-order valence-corrected chi connectivity index (χ2v) is 8.33. The molecule has 0 radical (unpaired) electrons. The molecular weight excluding hydrogens is 344 g/mol. The Kier molecular flexibility index (Phi) is 4.83. The topological polar surface area (TPSA) is 32.3 Å². The van der Waals surface area contributed by atoms with E-state index in [1.165, 1.54) is 55.5 Å². The van der Waals surface area contributed by atoms with Gasteiger partial charge in [-0.15, -0.1) is 0 Å². The minimum absolute atomic E-state index is 0.695. The van der Waals surface area contributed by atoms with Crippen molar-refractivity contribution in [2.45, 2.75) is 25.2 Å². The number of aromatic nitrogens is 2. The van der Waals surface area contributed by atoms with Crippen molar-refractivity contribution < 1.29 is 0 Å². The third-order valence-corrected chi connectivity index (χ3v) is 6.16. The molecule has 1 aliphatic carbocycles. The summed E-state index contributed by atoms with van der Waals surface area (Å²) >= 11 is 0. The van der Waals surface area contributed by atoms with Gasteiger partial charge in [0.1, 0.15) is 0 Å². The molecule has 0 amide bonds. The minimum Gasteiger partial charge on any atom is -0.304 e. The monoisotopic (exact) mass is 372 g/mol. The van der Waals surface area contributed by atoms with E-state index in [0.717, 1.165) is 29.9 Å². The second kappa shape index (κ2) is 7.61. The molecule has 0 N–H and O–H groups in total. The van der Waals surface area contributed by atoms with Crippen LogP contribution in [0.15, 0.2) is 48.7 Å². The molecule has 0 unspecified atom stereocenters. The number of hydrogen-bond acceptors (Lipinski definition) is 4. The quantitative estimate of drug-likeness (QED) is 0.678. The minimum atomic E-state index is 0.695. The van der Waals surface area contributed by atoms with Gasteiger partial charge in [0.15, 0.2) is 0 Å². The first-order valence-corrected chi connectivity index (χ1v) is 10.5. The van der Waals surface area contributed by atoms with Crippen molar-refractivity contribution >= 4 is 10.9 Å². The summed E-state index contributed by atoms with van der Waals surface area (Å²) in [6, 6.07) is 15.2. The van der Waals surface area contributed by atoms with Crippen molar-refractivity contribution in [3.63, 3.8) is 0 Å². The van der Waals surface area contributed by atoms with Gasteiger partial charge in [-0.05, 0) is 73.7 Å². The molecule has 144 valence electrons. The van der Waals surface area contributed by atoms with Crippen molar-refractivity contribution in [2.75, 3.05) is 39.8 Å². The van der Waals surface area contributed by atoms with Crippen LogP contribution in [0, 0.1) is 0 Å². The Bertz CT molecular complexity index is 957. The van der Waals surface area contributed by atoms with Gasteiger partial charge >= 0.3 is 0 Å². The van der Waals surface area contributed by atoms with E-state index in [-0.39, 0.29) is 0 Å². The van der Waals surface area contributed by atoms with Crippen molar-refractivity contribution in [1.29, 1.82) is 0 Å². The van der Waals surface area contributed by atoms with Crippen LogP contribution in [-0.2, 0) is 6.42 Å². The summed E-state index contributed by atoms with van der Waals surface area (Å²) in [6.07, 6.45) is 5.56. The van der Waals surface area contributed by atoms with Crippen LogP contribution < -0.4 is 0 Å². The molecule has 28 heavy (non-hydrogen) atoms. The van der Waals surface area contributed by atoms with Gasteiger partial charge in [-0.25, -0.2) is 4.98 Å². The van der Waals surface area contributed by atoms with Crippen LogP contribution in [0.2, 0.25) is 0 Å². The summed E-state index contributed by atoms with van der Waals surface area (Å²) in [4.78, 5) is 14.5. The summed E-state index contributed by atoms with van der Waals surface area (Å²) in [7, 11) is 2.21. The van der Waals surface area contributed by atoms with Gasteiger partial charge in [0, 0.05) is 44.3 Å². The second-order valence-electron chi connectivity index (χ2n) is 8.33. The highest BCUT2D eigenvalue weighted by atomic mass is 15.2. The molecule has 1 aromatic carbocycles. The number of fused-ring (bicyclic) bond motifs is 1. The zero-order valence-electron chi connectivity index (χ0n) is 16.6. The Labute approximate surface area is 167 Å². The highest BCUT2D eigenvalue weighted by molar-refractivity contribution is 5.86. The van der Waals surface area contributed by atoms with Crippen molar-refractivity contribution in [1.82, 2.24) is 19.8 Å². The van der Waals surface area contributed by atoms with Gasteiger partial charge in [-0.1, -0.05) is 12.1 Å². The van der Waals surface area contributed by atoms with Gasteiger partial charge in [0.05, 0.1) is 16.9 Å². The van der Waals surface area contributed by atoms with E-state index in [2.05, 4.69) is 52.2 Å². The molecule has 1 aliphatic heterocycles. The maximum Gasteiger partial charge on any atom is 0.0896 e. The number of pyridine rings is 2. The summed E-state index contributed by atoms with van der Waals surface area (Å²) in [5.74, 6) is 0.695. The Morgan fingerprint density at radius 2 is 1.82 bits per heavy atom. The highest BCUT2D eigenvalue weighted by Crippen LogP contribution is 2.44. The molecule has 4 heteroatoms. The molecular formula is C24H28N4. The van der Waals surface area contributed by atoms with Crippen LogP contribution in [0.1, 0.15) is 29.9 Å². The fraction of sp³-hybridized carbons (Fsp3) is 0.417. The van der Waals surface area contributed by atoms with Gasteiger partial charge in [-0.3, -0.25) is 4.98 Å². The first-order valence-electron chi connectivity index (χ1n) is 10.5. The molecule has 2 aromatic heterocycles. The molecule has 0 atom stereocenters. The number of piperazine rings is 1. The van der Waals surface area contributed by atoms with Crippen LogP contribution in [0.5, 0.6) is 0 Å². The van der Waals surface area contributed by atoms with E-state index >= 15 is 0 Å². The fourth-order valence-electron chi connectivity index (χ4n) is 4.19. The standard InChI is InChI=1S/C24H28N4/c1-27-12-14-28(15-13-27)11-9-18-5-8-22-21(16-18)20(19-6-7-19)17-24(26-22)23-4-2-3-10-25-23/h2-5,8,10,16-17,19H,6-7,9,11-15H2,1H3. The first-order chi connectivity index (χ1) is 13.8. The summed E-state index contributed by atoms with van der Waals surface area (Å²) in [5, 5.41) is 1.35. The van der Waals surface area contributed by atoms with E-state index in [9.17, 15) is 0 Å². The zero-order chi connectivity index (χ0) is 18.9. The van der Waals surface area contributed by atoms with Gasteiger partial charge < -0.3 is 9.80 Å². The maximum atomic E-state index is 4.94. The predicted molar refractivity (Wildman–Crippen MR) is 115 cm³/mol. The number of benzene rings is 1. The van der Waals surface area contributed by atoms with Crippen LogP contribution in [0.4, 0.5) is 0 Å². The first kappa shape index (κ1) is 17.8. The lowest BCUT2D eigenvalue weighted by atomic mass is 9.99. The van der Waals surface area contributed by atoms with E-state index < -0.39 is 0 Å². The fourth-order valence-corrected chi connectivity index (χ4v) is 4.19. The lowest BCUT2D eigenvalue weighted by molar-refractivity contribution is 0.155. The summed E-state index contributed by atoms with van der Waals surface area (Å²) < 4.78 is 0. The Hall–Kier alpha value is -2.30. The van der Waals surface area contributed by atoms with Crippen molar-refractivity contribution in [3.05, 3.63) is 59.8 Å².